The van der Waals surface area contributed by atoms with Crippen LogP contribution in [0.2, 0.25) is 5.02 Å². The first-order valence-corrected chi connectivity index (χ1v) is 8.00. The average molecular weight is 292 g/mol. The Morgan fingerprint density at radius 2 is 2.20 bits per heavy atom. The van der Waals surface area contributed by atoms with Crippen LogP contribution in [0.3, 0.4) is 0 Å². The normalized spacial score (nSPS) is 18.4. The monoisotopic (exact) mass is 291 g/mol. The van der Waals surface area contributed by atoms with Crippen molar-refractivity contribution in [3.63, 3.8) is 0 Å². The van der Waals surface area contributed by atoms with Gasteiger partial charge >= 0.3 is 0 Å². The van der Waals surface area contributed by atoms with E-state index in [9.17, 15) is 0 Å². The molecule has 2 nitrogen and oxygen atoms in total. The van der Waals surface area contributed by atoms with E-state index in [1.54, 1.807) is 0 Å². The zero-order valence-corrected chi connectivity index (χ0v) is 12.9. The molecule has 0 saturated heterocycles. The van der Waals surface area contributed by atoms with Gasteiger partial charge in [0.05, 0.1) is 11.1 Å². The van der Waals surface area contributed by atoms with Gasteiger partial charge in [0.1, 0.15) is 5.76 Å². The minimum Gasteiger partial charge on any atom is -0.458 e. The van der Waals surface area contributed by atoms with Crippen LogP contribution in [0, 0.1) is 11.8 Å². The Morgan fingerprint density at radius 1 is 1.40 bits per heavy atom. The molecule has 2 unspecified atom stereocenters. The van der Waals surface area contributed by atoms with E-state index in [4.69, 9.17) is 16.0 Å². The summed E-state index contributed by atoms with van der Waals surface area (Å²) in [5.74, 6) is 2.48. The molecule has 20 heavy (non-hydrogen) atoms. The minimum absolute atomic E-state index is 0.297. The molecule has 1 aromatic heterocycles. The standard InChI is InChI=1S/C17H22ClNO/c1-3-9-19-16(11(2)12-7-8-12)15-10-13-5-4-6-14(18)17(13)20-15/h4-6,10-12,16,19H,3,7-9H2,1-2H3. The second-order valence-electron chi connectivity index (χ2n) is 5.94. The van der Waals surface area contributed by atoms with Gasteiger partial charge in [-0.15, -0.1) is 0 Å². The third-order valence-corrected chi connectivity index (χ3v) is 4.62. The zero-order chi connectivity index (χ0) is 14.1. The molecule has 0 spiro atoms. The molecule has 2 atom stereocenters. The number of rotatable bonds is 6. The van der Waals surface area contributed by atoms with Crippen LogP contribution in [-0.4, -0.2) is 6.54 Å². The Hall–Kier alpha value is -0.990. The van der Waals surface area contributed by atoms with Crippen LogP contribution in [0.15, 0.2) is 28.7 Å². The molecular formula is C17H22ClNO. The van der Waals surface area contributed by atoms with E-state index < -0.39 is 0 Å². The summed E-state index contributed by atoms with van der Waals surface area (Å²) in [6, 6.07) is 8.37. The van der Waals surface area contributed by atoms with E-state index >= 15 is 0 Å². The molecule has 1 N–H and O–H groups in total. The first-order valence-electron chi connectivity index (χ1n) is 7.62. The van der Waals surface area contributed by atoms with E-state index in [2.05, 4.69) is 31.3 Å². The molecule has 0 bridgehead atoms. The van der Waals surface area contributed by atoms with E-state index in [1.165, 1.54) is 12.8 Å². The van der Waals surface area contributed by atoms with Gasteiger partial charge in [0.25, 0.3) is 0 Å². The van der Waals surface area contributed by atoms with E-state index in [-0.39, 0.29) is 0 Å². The molecule has 0 amide bonds. The SMILES string of the molecule is CCCNC(c1cc2cccc(Cl)c2o1)C(C)C1CC1. The third kappa shape index (κ3) is 2.72. The number of fused-ring (bicyclic) bond motifs is 1. The van der Waals surface area contributed by atoms with Gasteiger partial charge in [-0.1, -0.05) is 37.6 Å². The highest BCUT2D eigenvalue weighted by atomic mass is 35.5. The summed E-state index contributed by atoms with van der Waals surface area (Å²) in [6.45, 7) is 5.55. The number of hydrogen-bond acceptors (Lipinski definition) is 2. The summed E-state index contributed by atoms with van der Waals surface area (Å²) in [5.41, 5.74) is 0.815. The Kier molecular flexibility index (Phi) is 4.04. The van der Waals surface area contributed by atoms with Crippen LogP contribution in [0.5, 0.6) is 0 Å². The molecule has 1 aromatic carbocycles. The summed E-state index contributed by atoms with van der Waals surface area (Å²) >= 11 is 6.22. The summed E-state index contributed by atoms with van der Waals surface area (Å²) in [6.07, 6.45) is 3.84. The van der Waals surface area contributed by atoms with Crippen molar-refractivity contribution in [1.82, 2.24) is 5.32 Å². The number of hydrogen-bond donors (Lipinski definition) is 1. The number of halogens is 1. The predicted molar refractivity (Wildman–Crippen MR) is 84.1 cm³/mol. The number of nitrogens with one attached hydrogen (secondary N) is 1. The quantitative estimate of drug-likeness (QED) is 0.794. The van der Waals surface area contributed by atoms with Crippen molar-refractivity contribution in [2.24, 2.45) is 11.8 Å². The van der Waals surface area contributed by atoms with Gasteiger partial charge in [0.15, 0.2) is 5.58 Å². The van der Waals surface area contributed by atoms with Crippen LogP contribution < -0.4 is 5.32 Å². The summed E-state index contributed by atoms with van der Waals surface area (Å²) in [7, 11) is 0. The average Bonchev–Trinajstić information content (AvgIpc) is 3.20. The van der Waals surface area contributed by atoms with Crippen LogP contribution >= 0.6 is 11.6 Å². The highest BCUT2D eigenvalue weighted by molar-refractivity contribution is 6.34. The molecule has 1 saturated carbocycles. The van der Waals surface area contributed by atoms with Crippen molar-refractivity contribution in [2.45, 2.75) is 39.2 Å². The molecule has 0 radical (unpaired) electrons. The van der Waals surface area contributed by atoms with Gasteiger partial charge in [-0.05, 0) is 49.8 Å². The van der Waals surface area contributed by atoms with Gasteiger partial charge in [-0.25, -0.2) is 0 Å². The van der Waals surface area contributed by atoms with Crippen LogP contribution in [-0.2, 0) is 0 Å². The van der Waals surface area contributed by atoms with Gasteiger partial charge in [0.2, 0.25) is 0 Å². The number of para-hydroxylation sites is 1. The topological polar surface area (TPSA) is 25.2 Å². The van der Waals surface area contributed by atoms with Gasteiger partial charge < -0.3 is 9.73 Å². The lowest BCUT2D eigenvalue weighted by atomic mass is 9.94. The molecule has 0 aliphatic heterocycles. The Balaban J connectivity index is 1.92. The van der Waals surface area contributed by atoms with Gasteiger partial charge in [-0.2, -0.15) is 0 Å². The third-order valence-electron chi connectivity index (χ3n) is 4.33. The first-order chi connectivity index (χ1) is 9.70. The Morgan fingerprint density at radius 3 is 2.85 bits per heavy atom. The fourth-order valence-corrected chi connectivity index (χ4v) is 3.16. The molecular weight excluding hydrogens is 270 g/mol. The molecule has 1 aliphatic carbocycles. The van der Waals surface area contributed by atoms with E-state index in [0.717, 1.165) is 35.6 Å². The van der Waals surface area contributed by atoms with Crippen molar-refractivity contribution in [2.75, 3.05) is 6.54 Å². The molecule has 3 heteroatoms. The predicted octanol–water partition coefficient (Wildman–Crippen LogP) is 5.17. The van der Waals surface area contributed by atoms with Gasteiger partial charge in [0, 0.05) is 5.39 Å². The Bertz CT molecular complexity index is 588. The number of benzene rings is 1. The van der Waals surface area contributed by atoms with Crippen LogP contribution in [0.25, 0.3) is 11.0 Å². The fraction of sp³-hybridized carbons (Fsp3) is 0.529. The van der Waals surface area contributed by atoms with Crippen molar-refractivity contribution < 1.29 is 4.42 Å². The van der Waals surface area contributed by atoms with E-state index in [0.29, 0.717) is 17.0 Å². The zero-order valence-electron chi connectivity index (χ0n) is 12.2. The summed E-state index contributed by atoms with van der Waals surface area (Å²) in [4.78, 5) is 0. The second kappa shape index (κ2) is 5.79. The first kappa shape index (κ1) is 14.0. The van der Waals surface area contributed by atoms with Crippen molar-refractivity contribution >= 4 is 22.6 Å². The second-order valence-corrected chi connectivity index (χ2v) is 6.34. The van der Waals surface area contributed by atoms with Crippen molar-refractivity contribution in [3.8, 4) is 0 Å². The van der Waals surface area contributed by atoms with E-state index in [1.807, 2.05) is 12.1 Å². The molecule has 3 rings (SSSR count). The van der Waals surface area contributed by atoms with Crippen LogP contribution in [0.1, 0.15) is 44.9 Å². The smallest absolute Gasteiger partial charge is 0.152 e. The lowest BCUT2D eigenvalue weighted by molar-refractivity contribution is 0.306. The lowest BCUT2D eigenvalue weighted by Gasteiger charge is -2.23. The molecule has 1 heterocycles. The summed E-state index contributed by atoms with van der Waals surface area (Å²) in [5, 5.41) is 5.44. The van der Waals surface area contributed by atoms with Gasteiger partial charge in [-0.3, -0.25) is 0 Å². The number of furan rings is 1. The maximum atomic E-state index is 6.22. The minimum atomic E-state index is 0.297. The highest BCUT2D eigenvalue weighted by Crippen LogP contribution is 2.43. The lowest BCUT2D eigenvalue weighted by Crippen LogP contribution is -2.28. The highest BCUT2D eigenvalue weighted by Gasteiger charge is 2.35. The van der Waals surface area contributed by atoms with Crippen LogP contribution in [0.4, 0.5) is 0 Å². The summed E-state index contributed by atoms with van der Waals surface area (Å²) < 4.78 is 6.06. The van der Waals surface area contributed by atoms with Crippen molar-refractivity contribution in [3.05, 3.63) is 35.0 Å². The fourth-order valence-electron chi connectivity index (χ4n) is 2.94. The maximum absolute atomic E-state index is 6.22. The molecule has 1 aliphatic rings. The van der Waals surface area contributed by atoms with Crippen molar-refractivity contribution in [1.29, 1.82) is 0 Å². The molecule has 108 valence electrons. The largest absolute Gasteiger partial charge is 0.458 e. The molecule has 2 aromatic rings. The Labute approximate surface area is 125 Å². The maximum Gasteiger partial charge on any atom is 0.152 e. The molecule has 1 fully saturated rings.